The molecule has 148 valence electrons. The summed E-state index contributed by atoms with van der Waals surface area (Å²) in [5, 5.41) is 7.64. The second-order valence-electron chi connectivity index (χ2n) is 6.51. The number of hydrogen-bond donors (Lipinski definition) is 2. The van der Waals surface area contributed by atoms with Crippen molar-refractivity contribution in [2.24, 2.45) is 0 Å². The Morgan fingerprint density at radius 3 is 3.00 bits per heavy atom. The Labute approximate surface area is 179 Å². The number of rotatable bonds is 7. The summed E-state index contributed by atoms with van der Waals surface area (Å²) < 4.78 is 6.17. The number of anilines is 1. The molecule has 2 heterocycles. The van der Waals surface area contributed by atoms with Gasteiger partial charge in [-0.2, -0.15) is 4.98 Å². The van der Waals surface area contributed by atoms with Gasteiger partial charge < -0.3 is 14.8 Å². The van der Waals surface area contributed by atoms with Gasteiger partial charge in [0.15, 0.2) is 11.0 Å². The zero-order chi connectivity index (χ0) is 20.2. The number of aromatic nitrogens is 4. The van der Waals surface area contributed by atoms with Crippen LogP contribution in [0.1, 0.15) is 23.7 Å². The fourth-order valence-electron chi connectivity index (χ4n) is 2.76. The van der Waals surface area contributed by atoms with Gasteiger partial charge in [0, 0.05) is 23.0 Å². The van der Waals surface area contributed by atoms with Crippen molar-refractivity contribution in [2.45, 2.75) is 30.7 Å². The highest BCUT2D eigenvalue weighted by Gasteiger charge is 2.11. The number of thioether (sulfide) groups is 1. The molecule has 2 aromatic heterocycles. The topological polar surface area (TPSA) is 96.7 Å². The first-order valence-corrected chi connectivity index (χ1v) is 10.8. The molecule has 0 aliphatic heterocycles. The van der Waals surface area contributed by atoms with Gasteiger partial charge in [-0.1, -0.05) is 45.0 Å². The van der Waals surface area contributed by atoms with Crippen LogP contribution in [0.2, 0.25) is 0 Å². The maximum atomic E-state index is 12.1. The van der Waals surface area contributed by atoms with Crippen molar-refractivity contribution < 1.29 is 9.32 Å². The number of fused-ring (bicyclic) bond motifs is 1. The maximum Gasteiger partial charge on any atom is 0.227 e. The van der Waals surface area contributed by atoms with Crippen LogP contribution in [0.15, 0.2) is 56.6 Å². The summed E-state index contributed by atoms with van der Waals surface area (Å²) in [6, 6.07) is 13.6. The SMILES string of the molecule is Cc1ccc2nc(SCc3noc(CCC(=O)Nc4cccc(Br)c4)n3)[nH]c2c1. The standard InChI is InChI=1S/C20H18BrN5O2S/c1-12-5-6-15-16(9-12)24-20(23-15)29-11-17-25-19(28-26-17)8-7-18(27)22-14-4-2-3-13(21)10-14/h2-6,9-10H,7-8,11H2,1H3,(H,22,27)(H,23,24). The van der Waals surface area contributed by atoms with Crippen molar-refractivity contribution in [2.75, 3.05) is 5.32 Å². The van der Waals surface area contributed by atoms with Crippen LogP contribution >= 0.6 is 27.7 Å². The molecule has 7 nitrogen and oxygen atoms in total. The Bertz CT molecular complexity index is 1160. The minimum absolute atomic E-state index is 0.102. The third-order valence-electron chi connectivity index (χ3n) is 4.14. The monoisotopic (exact) mass is 471 g/mol. The summed E-state index contributed by atoms with van der Waals surface area (Å²) in [6.45, 7) is 2.05. The number of benzene rings is 2. The number of carbonyl (C=O) groups is 1. The quantitative estimate of drug-likeness (QED) is 0.372. The lowest BCUT2D eigenvalue weighted by Crippen LogP contribution is -2.12. The predicted octanol–water partition coefficient (Wildman–Crippen LogP) is 4.88. The van der Waals surface area contributed by atoms with Crippen molar-refractivity contribution in [3.63, 3.8) is 0 Å². The fraction of sp³-hybridized carbons (Fsp3) is 0.200. The minimum atomic E-state index is -0.102. The van der Waals surface area contributed by atoms with Gasteiger partial charge in [0.05, 0.1) is 16.8 Å². The molecule has 29 heavy (non-hydrogen) atoms. The number of nitrogens with one attached hydrogen (secondary N) is 2. The third kappa shape index (κ3) is 5.24. The van der Waals surface area contributed by atoms with E-state index < -0.39 is 0 Å². The predicted molar refractivity (Wildman–Crippen MR) is 116 cm³/mol. The molecule has 2 N–H and O–H groups in total. The highest BCUT2D eigenvalue weighted by molar-refractivity contribution is 9.10. The Hall–Kier alpha value is -2.65. The summed E-state index contributed by atoms with van der Waals surface area (Å²) in [5.74, 6) is 1.46. The second kappa shape index (κ2) is 8.79. The molecule has 0 aliphatic carbocycles. The third-order valence-corrected chi connectivity index (χ3v) is 5.50. The number of aryl methyl sites for hydroxylation is 2. The number of aromatic amines is 1. The number of nitrogens with zero attached hydrogens (tertiary/aromatic N) is 3. The highest BCUT2D eigenvalue weighted by Crippen LogP contribution is 2.23. The Morgan fingerprint density at radius 2 is 2.14 bits per heavy atom. The smallest absolute Gasteiger partial charge is 0.227 e. The number of carbonyl (C=O) groups excluding carboxylic acids is 1. The molecule has 2 aromatic carbocycles. The van der Waals surface area contributed by atoms with Crippen LogP contribution in [0.25, 0.3) is 11.0 Å². The molecule has 0 fully saturated rings. The molecule has 9 heteroatoms. The lowest BCUT2D eigenvalue weighted by Gasteiger charge is -2.04. The van der Waals surface area contributed by atoms with E-state index in [4.69, 9.17) is 4.52 Å². The first-order valence-electron chi connectivity index (χ1n) is 9.01. The molecule has 1 amide bonds. The summed E-state index contributed by atoms with van der Waals surface area (Å²) in [6.07, 6.45) is 0.658. The van der Waals surface area contributed by atoms with Crippen LogP contribution in [0.3, 0.4) is 0 Å². The van der Waals surface area contributed by atoms with E-state index in [2.05, 4.69) is 47.4 Å². The van der Waals surface area contributed by atoms with Gasteiger partial charge in [0.25, 0.3) is 0 Å². The summed E-state index contributed by atoms with van der Waals surface area (Å²) in [5.41, 5.74) is 3.87. The molecule has 0 saturated carbocycles. The van der Waals surface area contributed by atoms with Crippen molar-refractivity contribution in [1.82, 2.24) is 20.1 Å². The van der Waals surface area contributed by atoms with Gasteiger partial charge in [0.1, 0.15) is 0 Å². The minimum Gasteiger partial charge on any atom is -0.339 e. The normalized spacial score (nSPS) is 11.1. The van der Waals surface area contributed by atoms with Gasteiger partial charge in [-0.25, -0.2) is 4.98 Å². The largest absolute Gasteiger partial charge is 0.339 e. The van der Waals surface area contributed by atoms with E-state index in [1.807, 2.05) is 43.3 Å². The Kier molecular flexibility index (Phi) is 5.96. The van der Waals surface area contributed by atoms with Crippen LogP contribution in [0.4, 0.5) is 5.69 Å². The van der Waals surface area contributed by atoms with Crippen molar-refractivity contribution in [3.8, 4) is 0 Å². The van der Waals surface area contributed by atoms with Crippen LogP contribution < -0.4 is 5.32 Å². The van der Waals surface area contributed by atoms with Crippen LogP contribution in [0, 0.1) is 6.92 Å². The van der Waals surface area contributed by atoms with E-state index in [1.165, 1.54) is 17.3 Å². The number of amides is 1. The molecule has 0 atom stereocenters. The Morgan fingerprint density at radius 1 is 1.24 bits per heavy atom. The molecule has 4 rings (SSSR count). The molecule has 0 bridgehead atoms. The lowest BCUT2D eigenvalue weighted by molar-refractivity contribution is -0.116. The van der Waals surface area contributed by atoms with Crippen LogP contribution in [-0.2, 0) is 17.0 Å². The first kappa shape index (κ1) is 19.7. The second-order valence-corrected chi connectivity index (χ2v) is 8.39. The summed E-state index contributed by atoms with van der Waals surface area (Å²) >= 11 is 4.89. The van der Waals surface area contributed by atoms with Gasteiger partial charge in [-0.3, -0.25) is 4.79 Å². The molecule has 0 unspecified atom stereocenters. The van der Waals surface area contributed by atoms with Gasteiger partial charge in [-0.05, 0) is 42.8 Å². The van der Waals surface area contributed by atoms with Gasteiger partial charge >= 0.3 is 0 Å². The van der Waals surface area contributed by atoms with Gasteiger partial charge in [-0.15, -0.1) is 0 Å². The molecular weight excluding hydrogens is 454 g/mol. The van der Waals surface area contributed by atoms with E-state index in [1.54, 1.807) is 0 Å². The molecule has 0 spiro atoms. The van der Waals surface area contributed by atoms with E-state index in [-0.39, 0.29) is 12.3 Å². The van der Waals surface area contributed by atoms with Crippen molar-refractivity contribution in [3.05, 3.63) is 64.2 Å². The summed E-state index contributed by atoms with van der Waals surface area (Å²) in [7, 11) is 0. The van der Waals surface area contributed by atoms with E-state index >= 15 is 0 Å². The number of hydrogen-bond acceptors (Lipinski definition) is 6. The van der Waals surface area contributed by atoms with E-state index in [0.717, 1.165) is 26.3 Å². The number of H-pyrrole nitrogens is 1. The zero-order valence-corrected chi connectivity index (χ0v) is 18.0. The van der Waals surface area contributed by atoms with Crippen molar-refractivity contribution >= 4 is 50.3 Å². The van der Waals surface area contributed by atoms with E-state index in [0.29, 0.717) is 23.9 Å². The van der Waals surface area contributed by atoms with E-state index in [9.17, 15) is 4.79 Å². The van der Waals surface area contributed by atoms with Crippen molar-refractivity contribution in [1.29, 1.82) is 0 Å². The number of halogens is 1. The van der Waals surface area contributed by atoms with Crippen LogP contribution in [-0.4, -0.2) is 26.0 Å². The maximum absolute atomic E-state index is 12.1. The summed E-state index contributed by atoms with van der Waals surface area (Å²) in [4.78, 5) is 24.3. The molecule has 0 saturated heterocycles. The lowest BCUT2D eigenvalue weighted by atomic mass is 10.2. The highest BCUT2D eigenvalue weighted by atomic mass is 79.9. The van der Waals surface area contributed by atoms with Gasteiger partial charge in [0.2, 0.25) is 11.8 Å². The Balaban J connectivity index is 1.28. The molecule has 0 aliphatic rings. The zero-order valence-electron chi connectivity index (χ0n) is 15.6. The molecular formula is C20H18BrN5O2S. The average Bonchev–Trinajstić information content (AvgIpc) is 3.30. The fourth-order valence-corrected chi connectivity index (χ4v) is 3.89. The molecule has 4 aromatic rings. The first-order chi connectivity index (χ1) is 14.0. The average molecular weight is 472 g/mol. The van der Waals surface area contributed by atoms with Crippen LogP contribution in [0.5, 0.6) is 0 Å². The number of imidazole rings is 1. The molecule has 0 radical (unpaired) electrons.